The summed E-state index contributed by atoms with van der Waals surface area (Å²) in [7, 11) is 0. The monoisotopic (exact) mass is 462 g/mol. The molecule has 4 rings (SSSR count). The van der Waals surface area contributed by atoms with Crippen molar-refractivity contribution in [1.29, 1.82) is 0 Å². The number of halogens is 2. The zero-order chi connectivity index (χ0) is 22.7. The van der Waals surface area contributed by atoms with Crippen LogP contribution in [0.5, 0.6) is 0 Å². The molecule has 0 bridgehead atoms. The van der Waals surface area contributed by atoms with Crippen molar-refractivity contribution in [3.8, 4) is 0 Å². The molecule has 8 nitrogen and oxygen atoms in total. The van der Waals surface area contributed by atoms with Crippen molar-refractivity contribution in [2.24, 2.45) is 0 Å². The van der Waals surface area contributed by atoms with E-state index >= 15 is 0 Å². The van der Waals surface area contributed by atoms with Crippen LogP contribution < -0.4 is 10.2 Å². The molecule has 0 saturated carbocycles. The van der Waals surface area contributed by atoms with Gasteiger partial charge in [0.25, 0.3) is 5.91 Å². The normalized spacial score (nSPS) is 14.3. The Kier molecular flexibility index (Phi) is 6.85. The maximum absolute atomic E-state index is 13.4. The van der Waals surface area contributed by atoms with Crippen LogP contribution in [-0.4, -0.2) is 63.8 Å². The number of rotatable bonds is 7. The van der Waals surface area contributed by atoms with Gasteiger partial charge < -0.3 is 15.0 Å². The fraction of sp³-hybridized carbons (Fsp3) is 0.429. The van der Waals surface area contributed by atoms with E-state index in [0.717, 1.165) is 36.4 Å². The molecule has 11 heteroatoms. The van der Waals surface area contributed by atoms with E-state index < -0.39 is 17.5 Å². The summed E-state index contributed by atoms with van der Waals surface area (Å²) >= 11 is 1.57. The molecule has 0 radical (unpaired) electrons. The molecular weight excluding hydrogens is 438 g/mol. The van der Waals surface area contributed by atoms with Crippen molar-refractivity contribution < 1.29 is 18.3 Å². The van der Waals surface area contributed by atoms with Gasteiger partial charge in [0, 0.05) is 30.4 Å². The maximum Gasteiger partial charge on any atom is 0.251 e. The molecule has 1 amide bonds. The summed E-state index contributed by atoms with van der Waals surface area (Å²) in [5.74, 6) is -1.70. The Morgan fingerprint density at radius 3 is 2.72 bits per heavy atom. The third-order valence-corrected chi connectivity index (χ3v) is 5.76. The first-order valence-corrected chi connectivity index (χ1v) is 11.3. The molecule has 0 atom stereocenters. The molecule has 1 aromatic carbocycles. The summed E-state index contributed by atoms with van der Waals surface area (Å²) in [6, 6.07) is 3.06. The van der Waals surface area contributed by atoms with Crippen molar-refractivity contribution in [3.63, 3.8) is 0 Å². The molecule has 1 aliphatic heterocycles. The van der Waals surface area contributed by atoms with E-state index in [1.165, 1.54) is 6.07 Å². The van der Waals surface area contributed by atoms with Crippen molar-refractivity contribution >= 4 is 34.5 Å². The Hall–Kier alpha value is -2.79. The number of anilines is 1. The summed E-state index contributed by atoms with van der Waals surface area (Å²) in [6.07, 6.45) is 1.74. The van der Waals surface area contributed by atoms with E-state index in [-0.39, 0.29) is 12.1 Å². The Labute approximate surface area is 188 Å². The van der Waals surface area contributed by atoms with E-state index in [4.69, 9.17) is 14.7 Å². The number of fused-ring (bicyclic) bond motifs is 1. The molecular formula is C21H24F2N6O2S. The lowest BCUT2D eigenvalue weighted by atomic mass is 10.2. The largest absolute Gasteiger partial charge is 0.378 e. The van der Waals surface area contributed by atoms with Gasteiger partial charge in [-0.25, -0.2) is 23.4 Å². The predicted octanol–water partition coefficient (Wildman–Crippen LogP) is 2.87. The van der Waals surface area contributed by atoms with Crippen LogP contribution in [0.15, 0.2) is 29.6 Å². The van der Waals surface area contributed by atoms with Crippen LogP contribution in [0.3, 0.4) is 0 Å². The zero-order valence-electron chi connectivity index (χ0n) is 17.8. The van der Waals surface area contributed by atoms with Crippen molar-refractivity contribution in [3.05, 3.63) is 41.6 Å². The number of carbonyl (C=O) groups excluding carboxylic acids is 1. The zero-order valence-corrected chi connectivity index (χ0v) is 18.7. The van der Waals surface area contributed by atoms with Gasteiger partial charge in [-0.3, -0.25) is 4.79 Å². The first-order valence-electron chi connectivity index (χ1n) is 10.4. The first-order chi connectivity index (χ1) is 15.4. The summed E-state index contributed by atoms with van der Waals surface area (Å²) in [5, 5.41) is 8.99. The molecule has 1 fully saturated rings. The number of hydrogen-bond donors (Lipinski definition) is 1. The van der Waals surface area contributed by atoms with Gasteiger partial charge in [-0.15, -0.1) is 0 Å². The standard InChI is InChI=1S/C21H24F2N6O2S/c1-13(2)32-21-26-18(28-7-9-31-10-8-28)15-12-25-29(19(15)27-21)6-5-24-20(30)14-3-4-16(22)17(23)11-14/h3-4,11-13H,5-10H2,1-2H3,(H,24,30). The highest BCUT2D eigenvalue weighted by Gasteiger charge is 2.20. The molecule has 170 valence electrons. The van der Waals surface area contributed by atoms with Gasteiger partial charge >= 0.3 is 0 Å². The van der Waals surface area contributed by atoms with Crippen molar-refractivity contribution in [2.75, 3.05) is 37.7 Å². The predicted molar refractivity (Wildman–Crippen MR) is 118 cm³/mol. The van der Waals surface area contributed by atoms with Gasteiger partial charge in [0.1, 0.15) is 5.82 Å². The van der Waals surface area contributed by atoms with Crippen LogP contribution in [0.2, 0.25) is 0 Å². The molecule has 2 aromatic heterocycles. The number of nitrogens with zero attached hydrogens (tertiary/aromatic N) is 5. The minimum absolute atomic E-state index is 0.0572. The Morgan fingerprint density at radius 1 is 1.22 bits per heavy atom. The van der Waals surface area contributed by atoms with Gasteiger partial charge in [0.05, 0.1) is 31.3 Å². The number of hydrogen-bond acceptors (Lipinski definition) is 7. The Morgan fingerprint density at radius 2 is 2.00 bits per heavy atom. The van der Waals surface area contributed by atoms with E-state index in [1.807, 2.05) is 0 Å². The second-order valence-corrected chi connectivity index (χ2v) is 9.13. The summed E-state index contributed by atoms with van der Waals surface area (Å²) < 4.78 is 33.6. The fourth-order valence-electron chi connectivity index (χ4n) is 3.38. The molecule has 3 aromatic rings. The van der Waals surface area contributed by atoms with Crippen LogP contribution >= 0.6 is 11.8 Å². The molecule has 0 aliphatic carbocycles. The first kappa shape index (κ1) is 22.4. The fourth-order valence-corrected chi connectivity index (χ4v) is 4.08. The molecule has 1 aliphatic rings. The highest BCUT2D eigenvalue weighted by atomic mass is 32.2. The third kappa shape index (κ3) is 4.99. The Bertz CT molecular complexity index is 1120. The highest BCUT2D eigenvalue weighted by Crippen LogP contribution is 2.29. The lowest BCUT2D eigenvalue weighted by molar-refractivity contribution is 0.0951. The third-order valence-electron chi connectivity index (χ3n) is 4.90. The lowest BCUT2D eigenvalue weighted by Crippen LogP contribution is -2.37. The van der Waals surface area contributed by atoms with Gasteiger partial charge in [-0.2, -0.15) is 5.10 Å². The SMILES string of the molecule is CC(C)Sc1nc(N2CCOCC2)c2cnn(CCNC(=O)c3ccc(F)c(F)c3)c2n1. The summed E-state index contributed by atoms with van der Waals surface area (Å²) in [6.45, 7) is 7.54. The molecule has 1 N–H and O–H groups in total. The van der Waals surface area contributed by atoms with Gasteiger partial charge in [-0.05, 0) is 18.2 Å². The quantitative estimate of drug-likeness (QED) is 0.427. The number of aromatic nitrogens is 4. The average Bonchev–Trinajstić information content (AvgIpc) is 3.18. The van der Waals surface area contributed by atoms with Crippen LogP contribution in [0.4, 0.5) is 14.6 Å². The van der Waals surface area contributed by atoms with Crippen LogP contribution in [0.1, 0.15) is 24.2 Å². The number of ether oxygens (including phenoxy) is 1. The lowest BCUT2D eigenvalue weighted by Gasteiger charge is -2.28. The highest BCUT2D eigenvalue weighted by molar-refractivity contribution is 7.99. The topological polar surface area (TPSA) is 85.2 Å². The van der Waals surface area contributed by atoms with Gasteiger partial charge in [0.15, 0.2) is 22.4 Å². The van der Waals surface area contributed by atoms with Crippen LogP contribution in [-0.2, 0) is 11.3 Å². The van der Waals surface area contributed by atoms with Gasteiger partial charge in [0.2, 0.25) is 0 Å². The minimum Gasteiger partial charge on any atom is -0.378 e. The molecule has 0 unspecified atom stereocenters. The van der Waals surface area contributed by atoms with E-state index in [9.17, 15) is 13.6 Å². The van der Waals surface area contributed by atoms with Crippen LogP contribution in [0, 0.1) is 11.6 Å². The molecule has 0 spiro atoms. The summed E-state index contributed by atoms with van der Waals surface area (Å²) in [4.78, 5) is 23.9. The second-order valence-electron chi connectivity index (χ2n) is 7.59. The number of carbonyl (C=O) groups is 1. The van der Waals surface area contributed by atoms with E-state index in [2.05, 4.69) is 29.2 Å². The number of nitrogens with one attached hydrogen (secondary N) is 1. The minimum atomic E-state index is -1.06. The molecule has 3 heterocycles. The maximum atomic E-state index is 13.4. The van der Waals surface area contributed by atoms with E-state index in [0.29, 0.717) is 35.8 Å². The van der Waals surface area contributed by atoms with Crippen molar-refractivity contribution in [2.45, 2.75) is 30.8 Å². The summed E-state index contributed by atoms with van der Waals surface area (Å²) in [5.41, 5.74) is 0.744. The number of amides is 1. The number of benzene rings is 1. The number of morpholine rings is 1. The van der Waals surface area contributed by atoms with Crippen LogP contribution in [0.25, 0.3) is 11.0 Å². The molecule has 32 heavy (non-hydrogen) atoms. The molecule has 1 saturated heterocycles. The second kappa shape index (κ2) is 9.78. The van der Waals surface area contributed by atoms with Gasteiger partial charge in [-0.1, -0.05) is 25.6 Å². The smallest absolute Gasteiger partial charge is 0.251 e. The average molecular weight is 463 g/mol. The van der Waals surface area contributed by atoms with E-state index in [1.54, 1.807) is 22.6 Å². The Balaban J connectivity index is 1.53. The van der Waals surface area contributed by atoms with Crippen molar-refractivity contribution in [1.82, 2.24) is 25.1 Å². The number of thioether (sulfide) groups is 1.